The summed E-state index contributed by atoms with van der Waals surface area (Å²) in [6.07, 6.45) is 2.35. The highest BCUT2D eigenvalue weighted by Crippen LogP contribution is 2.35. The SMILES string of the molecule is Cc1cccc(NC(=O)NC2N=C(C3CCC3)c3ccccc3N(C)C2=O)c1. The van der Waals surface area contributed by atoms with Crippen LogP contribution in [0.3, 0.4) is 0 Å². The highest BCUT2D eigenvalue weighted by Gasteiger charge is 2.34. The number of rotatable bonds is 3. The number of benzodiazepines with no additional fused rings is 1. The normalized spacial score (nSPS) is 19.2. The Balaban J connectivity index is 1.61. The van der Waals surface area contributed by atoms with Gasteiger partial charge in [-0.2, -0.15) is 0 Å². The number of carbonyl (C=O) groups excluding carboxylic acids is 2. The van der Waals surface area contributed by atoms with Gasteiger partial charge in [0, 0.05) is 24.2 Å². The second-order valence-corrected chi connectivity index (χ2v) is 7.43. The van der Waals surface area contributed by atoms with E-state index in [2.05, 4.69) is 10.6 Å². The molecule has 1 saturated carbocycles. The number of likely N-dealkylation sites (N-methyl/N-ethyl adjacent to an activating group) is 1. The molecule has 28 heavy (non-hydrogen) atoms. The molecular formula is C22H24N4O2. The average Bonchev–Trinajstić information content (AvgIpc) is 2.72. The van der Waals surface area contributed by atoms with Crippen LogP contribution in [0, 0.1) is 12.8 Å². The van der Waals surface area contributed by atoms with Crippen LogP contribution in [0.2, 0.25) is 0 Å². The molecule has 0 saturated heterocycles. The Morgan fingerprint density at radius 3 is 2.64 bits per heavy atom. The second kappa shape index (κ2) is 7.46. The third-order valence-electron chi connectivity index (χ3n) is 5.41. The number of benzene rings is 2. The molecular weight excluding hydrogens is 352 g/mol. The van der Waals surface area contributed by atoms with Crippen molar-refractivity contribution in [2.45, 2.75) is 32.4 Å². The molecule has 4 rings (SSSR count). The molecule has 1 fully saturated rings. The fourth-order valence-electron chi connectivity index (χ4n) is 3.66. The number of anilines is 2. The lowest BCUT2D eigenvalue weighted by atomic mass is 9.79. The molecule has 1 unspecified atom stereocenters. The Labute approximate surface area is 164 Å². The lowest BCUT2D eigenvalue weighted by molar-refractivity contribution is -0.119. The van der Waals surface area contributed by atoms with Crippen molar-refractivity contribution < 1.29 is 9.59 Å². The highest BCUT2D eigenvalue weighted by molar-refractivity contribution is 6.14. The van der Waals surface area contributed by atoms with Gasteiger partial charge in [-0.25, -0.2) is 4.79 Å². The third kappa shape index (κ3) is 3.50. The van der Waals surface area contributed by atoms with Gasteiger partial charge in [0.15, 0.2) is 0 Å². The summed E-state index contributed by atoms with van der Waals surface area (Å²) in [6, 6.07) is 14.9. The first-order chi connectivity index (χ1) is 13.5. The Morgan fingerprint density at radius 1 is 1.14 bits per heavy atom. The van der Waals surface area contributed by atoms with Gasteiger partial charge in [-0.05, 0) is 43.5 Å². The molecule has 0 aromatic heterocycles. The molecule has 1 heterocycles. The zero-order valence-corrected chi connectivity index (χ0v) is 16.1. The summed E-state index contributed by atoms with van der Waals surface area (Å²) in [4.78, 5) is 31.8. The lowest BCUT2D eigenvalue weighted by Gasteiger charge is -2.28. The quantitative estimate of drug-likeness (QED) is 0.857. The van der Waals surface area contributed by atoms with Gasteiger partial charge in [0.05, 0.1) is 11.4 Å². The standard InChI is InChI=1S/C22H24N4O2/c1-14-7-5-10-16(13-14)23-22(28)25-20-21(27)26(2)18-12-4-3-11-17(18)19(24-20)15-8-6-9-15/h3-5,7,10-13,15,20H,6,8-9H2,1-2H3,(H2,23,25,28). The predicted octanol–water partition coefficient (Wildman–Crippen LogP) is 3.71. The molecule has 6 nitrogen and oxygen atoms in total. The van der Waals surface area contributed by atoms with Gasteiger partial charge in [0.1, 0.15) is 0 Å². The minimum absolute atomic E-state index is 0.249. The topological polar surface area (TPSA) is 73.8 Å². The van der Waals surface area contributed by atoms with Crippen molar-refractivity contribution in [1.29, 1.82) is 0 Å². The zero-order valence-electron chi connectivity index (χ0n) is 16.1. The third-order valence-corrected chi connectivity index (χ3v) is 5.41. The van der Waals surface area contributed by atoms with E-state index in [4.69, 9.17) is 4.99 Å². The molecule has 6 heteroatoms. The molecule has 1 aliphatic carbocycles. The average molecular weight is 376 g/mol. The van der Waals surface area contributed by atoms with Crippen LogP contribution in [-0.2, 0) is 4.79 Å². The van der Waals surface area contributed by atoms with Gasteiger partial charge < -0.3 is 15.5 Å². The summed E-state index contributed by atoms with van der Waals surface area (Å²) >= 11 is 0. The molecule has 144 valence electrons. The Bertz CT molecular complexity index is 949. The van der Waals surface area contributed by atoms with Crippen molar-refractivity contribution in [3.63, 3.8) is 0 Å². The fraction of sp³-hybridized carbons (Fsp3) is 0.318. The predicted molar refractivity (Wildman–Crippen MR) is 111 cm³/mol. The number of nitrogens with one attached hydrogen (secondary N) is 2. The molecule has 2 aliphatic rings. The number of nitrogens with zero attached hydrogens (tertiary/aromatic N) is 2. The number of amides is 3. The van der Waals surface area contributed by atoms with Gasteiger partial charge >= 0.3 is 6.03 Å². The van der Waals surface area contributed by atoms with Crippen LogP contribution >= 0.6 is 0 Å². The van der Waals surface area contributed by atoms with E-state index < -0.39 is 12.2 Å². The van der Waals surface area contributed by atoms with Crippen molar-refractivity contribution in [2.24, 2.45) is 10.9 Å². The van der Waals surface area contributed by atoms with Gasteiger partial charge in [-0.15, -0.1) is 0 Å². The summed E-state index contributed by atoms with van der Waals surface area (Å²) in [5, 5.41) is 5.54. The minimum atomic E-state index is -0.946. The van der Waals surface area contributed by atoms with Crippen molar-refractivity contribution >= 4 is 29.0 Å². The number of aliphatic imine (C=N–C) groups is 1. The van der Waals surface area contributed by atoms with Crippen LogP contribution in [0.25, 0.3) is 0 Å². The van der Waals surface area contributed by atoms with E-state index in [1.54, 1.807) is 11.9 Å². The van der Waals surface area contributed by atoms with Gasteiger partial charge in [0.25, 0.3) is 5.91 Å². The van der Waals surface area contributed by atoms with Crippen LogP contribution < -0.4 is 15.5 Å². The first-order valence-corrected chi connectivity index (χ1v) is 9.62. The molecule has 0 spiro atoms. The Morgan fingerprint density at radius 2 is 1.93 bits per heavy atom. The molecule has 2 N–H and O–H groups in total. The lowest BCUT2D eigenvalue weighted by Crippen LogP contribution is -2.47. The van der Waals surface area contributed by atoms with E-state index in [0.29, 0.717) is 11.6 Å². The number of hydrogen-bond acceptors (Lipinski definition) is 3. The number of urea groups is 1. The van der Waals surface area contributed by atoms with E-state index in [-0.39, 0.29) is 5.91 Å². The number of para-hydroxylation sites is 1. The molecule has 2 aromatic rings. The van der Waals surface area contributed by atoms with Gasteiger partial charge in [-0.1, -0.05) is 36.8 Å². The number of fused-ring (bicyclic) bond motifs is 1. The summed E-state index contributed by atoms with van der Waals surface area (Å²) in [7, 11) is 1.73. The molecule has 0 radical (unpaired) electrons. The summed E-state index contributed by atoms with van der Waals surface area (Å²) in [5.41, 5.74) is 4.45. The molecule has 2 aromatic carbocycles. The first kappa shape index (κ1) is 18.2. The van der Waals surface area contributed by atoms with Crippen LogP contribution in [0.5, 0.6) is 0 Å². The van der Waals surface area contributed by atoms with E-state index in [0.717, 1.165) is 35.4 Å². The maximum Gasteiger partial charge on any atom is 0.321 e. The molecule has 0 bridgehead atoms. The summed E-state index contributed by atoms with van der Waals surface area (Å²) < 4.78 is 0. The summed E-state index contributed by atoms with van der Waals surface area (Å²) in [6.45, 7) is 1.96. The van der Waals surface area contributed by atoms with Crippen molar-refractivity contribution in [2.75, 3.05) is 17.3 Å². The summed E-state index contributed by atoms with van der Waals surface area (Å²) in [5.74, 6) is 0.0887. The zero-order chi connectivity index (χ0) is 19.7. The van der Waals surface area contributed by atoms with E-state index in [1.807, 2.05) is 55.5 Å². The van der Waals surface area contributed by atoms with Crippen LogP contribution in [0.15, 0.2) is 53.5 Å². The smallest absolute Gasteiger partial charge is 0.311 e. The van der Waals surface area contributed by atoms with E-state index >= 15 is 0 Å². The first-order valence-electron chi connectivity index (χ1n) is 9.62. The monoisotopic (exact) mass is 376 g/mol. The number of hydrogen-bond donors (Lipinski definition) is 2. The largest absolute Gasteiger partial charge is 0.321 e. The molecule has 1 aliphatic heterocycles. The van der Waals surface area contributed by atoms with Gasteiger partial charge in [-0.3, -0.25) is 9.79 Å². The Kier molecular flexibility index (Phi) is 4.86. The van der Waals surface area contributed by atoms with Gasteiger partial charge in [0.2, 0.25) is 6.17 Å². The van der Waals surface area contributed by atoms with Crippen LogP contribution in [0.1, 0.15) is 30.4 Å². The fourth-order valence-corrected chi connectivity index (χ4v) is 3.66. The van der Waals surface area contributed by atoms with Crippen molar-refractivity contribution in [1.82, 2.24) is 5.32 Å². The van der Waals surface area contributed by atoms with Crippen LogP contribution in [-0.4, -0.2) is 30.9 Å². The maximum atomic E-state index is 13.0. The van der Waals surface area contributed by atoms with Crippen molar-refractivity contribution in [3.8, 4) is 0 Å². The maximum absolute atomic E-state index is 13.0. The Hall–Kier alpha value is -3.15. The van der Waals surface area contributed by atoms with E-state index in [1.165, 1.54) is 6.42 Å². The minimum Gasteiger partial charge on any atom is -0.311 e. The highest BCUT2D eigenvalue weighted by atomic mass is 16.2. The van der Waals surface area contributed by atoms with Crippen LogP contribution in [0.4, 0.5) is 16.2 Å². The van der Waals surface area contributed by atoms with Crippen molar-refractivity contribution in [3.05, 3.63) is 59.7 Å². The number of carbonyl (C=O) groups is 2. The molecule has 1 atom stereocenters. The molecule has 3 amide bonds. The van der Waals surface area contributed by atoms with E-state index in [9.17, 15) is 9.59 Å². The number of aryl methyl sites for hydroxylation is 1. The second-order valence-electron chi connectivity index (χ2n) is 7.43.